The van der Waals surface area contributed by atoms with Crippen molar-refractivity contribution in [1.29, 1.82) is 0 Å². The number of pyridine rings is 1. The first-order valence-electron chi connectivity index (χ1n) is 7.07. The van der Waals surface area contributed by atoms with E-state index in [-0.39, 0.29) is 5.56 Å². The van der Waals surface area contributed by atoms with E-state index in [0.29, 0.717) is 18.4 Å². The van der Waals surface area contributed by atoms with Crippen molar-refractivity contribution in [3.8, 4) is 0 Å². The summed E-state index contributed by atoms with van der Waals surface area (Å²) >= 11 is 0. The lowest BCUT2D eigenvalue weighted by Gasteiger charge is -2.12. The van der Waals surface area contributed by atoms with Gasteiger partial charge < -0.3 is 9.67 Å². The molecule has 1 N–H and O–H groups in total. The first kappa shape index (κ1) is 13.6. The maximum absolute atomic E-state index is 12.4. The number of aryl methyl sites for hydroxylation is 1. The maximum atomic E-state index is 12.4. The van der Waals surface area contributed by atoms with E-state index in [1.54, 1.807) is 10.8 Å². The van der Waals surface area contributed by atoms with Crippen molar-refractivity contribution in [3.05, 3.63) is 82.8 Å². The summed E-state index contributed by atoms with van der Waals surface area (Å²) in [7, 11) is 0. The van der Waals surface area contributed by atoms with Crippen LogP contribution in [0.25, 0.3) is 10.8 Å². The molecule has 3 heteroatoms. The Morgan fingerprint density at radius 2 is 1.67 bits per heavy atom. The van der Waals surface area contributed by atoms with Crippen LogP contribution in [0, 0.1) is 0 Å². The molecule has 0 spiro atoms. The van der Waals surface area contributed by atoms with Crippen molar-refractivity contribution in [2.75, 3.05) is 0 Å². The second kappa shape index (κ2) is 5.94. The smallest absolute Gasteiger partial charge is 0.258 e. The minimum absolute atomic E-state index is 0.00615. The van der Waals surface area contributed by atoms with Crippen LogP contribution in [0.2, 0.25) is 0 Å². The maximum Gasteiger partial charge on any atom is 0.258 e. The van der Waals surface area contributed by atoms with Gasteiger partial charge in [-0.15, -0.1) is 0 Å². The van der Waals surface area contributed by atoms with Gasteiger partial charge in [0.15, 0.2) is 0 Å². The number of fused-ring (bicyclic) bond motifs is 1. The average molecular weight is 279 g/mol. The zero-order chi connectivity index (χ0) is 14.7. The van der Waals surface area contributed by atoms with Gasteiger partial charge in [-0.25, -0.2) is 0 Å². The summed E-state index contributed by atoms with van der Waals surface area (Å²) in [6.45, 7) is 0.500. The Balaban J connectivity index is 1.80. The molecule has 3 aromatic rings. The van der Waals surface area contributed by atoms with Gasteiger partial charge in [-0.2, -0.15) is 0 Å². The number of aromatic nitrogens is 1. The van der Waals surface area contributed by atoms with Gasteiger partial charge in [-0.05, 0) is 29.5 Å². The molecule has 1 atom stereocenters. The molecule has 0 amide bonds. The van der Waals surface area contributed by atoms with E-state index in [1.807, 2.05) is 60.7 Å². The molecule has 3 rings (SSSR count). The summed E-state index contributed by atoms with van der Waals surface area (Å²) in [4.78, 5) is 12.4. The minimum atomic E-state index is -0.551. The molecule has 2 aromatic carbocycles. The van der Waals surface area contributed by atoms with Crippen molar-refractivity contribution in [2.45, 2.75) is 19.1 Å². The molecule has 0 unspecified atom stereocenters. The van der Waals surface area contributed by atoms with Crippen molar-refractivity contribution in [3.63, 3.8) is 0 Å². The van der Waals surface area contributed by atoms with E-state index in [4.69, 9.17) is 0 Å². The van der Waals surface area contributed by atoms with Crippen LogP contribution in [0.15, 0.2) is 71.7 Å². The van der Waals surface area contributed by atoms with Gasteiger partial charge in [0.1, 0.15) is 0 Å². The number of aliphatic hydroxyl groups is 1. The van der Waals surface area contributed by atoms with E-state index >= 15 is 0 Å². The lowest BCUT2D eigenvalue weighted by atomic mass is 10.1. The number of hydrogen-bond acceptors (Lipinski definition) is 2. The monoisotopic (exact) mass is 279 g/mol. The second-order valence-corrected chi connectivity index (χ2v) is 5.12. The van der Waals surface area contributed by atoms with Crippen molar-refractivity contribution in [1.82, 2.24) is 4.57 Å². The van der Waals surface area contributed by atoms with E-state index in [1.165, 1.54) is 0 Å². The van der Waals surface area contributed by atoms with Crippen LogP contribution in [-0.4, -0.2) is 9.67 Å². The largest absolute Gasteiger partial charge is 0.388 e. The summed E-state index contributed by atoms with van der Waals surface area (Å²) in [6, 6.07) is 19.0. The molecular weight excluding hydrogens is 262 g/mol. The van der Waals surface area contributed by atoms with Gasteiger partial charge in [-0.3, -0.25) is 4.79 Å². The Morgan fingerprint density at radius 3 is 2.48 bits per heavy atom. The first-order valence-corrected chi connectivity index (χ1v) is 7.07. The standard InChI is InChI=1S/C18H17NO2/c20-17(15-7-2-1-3-8-15)11-13-19-12-10-14-6-4-5-9-16(14)18(19)21/h1-10,12,17,20H,11,13H2/t17-/m1/s1. The molecule has 0 aliphatic carbocycles. The summed E-state index contributed by atoms with van der Waals surface area (Å²) < 4.78 is 1.66. The molecule has 21 heavy (non-hydrogen) atoms. The Labute approximate surface area is 123 Å². The van der Waals surface area contributed by atoms with Crippen LogP contribution in [0.5, 0.6) is 0 Å². The van der Waals surface area contributed by atoms with Crippen LogP contribution in [0.1, 0.15) is 18.1 Å². The third kappa shape index (κ3) is 2.88. The topological polar surface area (TPSA) is 42.2 Å². The van der Waals surface area contributed by atoms with Gasteiger partial charge in [-0.1, -0.05) is 48.5 Å². The van der Waals surface area contributed by atoms with Crippen LogP contribution < -0.4 is 5.56 Å². The summed E-state index contributed by atoms with van der Waals surface area (Å²) in [5.74, 6) is 0. The first-order chi connectivity index (χ1) is 10.3. The third-order valence-corrected chi connectivity index (χ3v) is 3.71. The van der Waals surface area contributed by atoms with Crippen LogP contribution >= 0.6 is 0 Å². The van der Waals surface area contributed by atoms with E-state index in [9.17, 15) is 9.90 Å². The highest BCUT2D eigenvalue weighted by atomic mass is 16.3. The number of benzene rings is 2. The molecule has 0 bridgehead atoms. The molecule has 0 aliphatic heterocycles. The molecule has 1 heterocycles. The third-order valence-electron chi connectivity index (χ3n) is 3.71. The molecule has 106 valence electrons. The predicted molar refractivity (Wildman–Crippen MR) is 84.2 cm³/mol. The highest BCUT2D eigenvalue weighted by Crippen LogP contribution is 2.16. The van der Waals surface area contributed by atoms with E-state index in [2.05, 4.69) is 0 Å². The lowest BCUT2D eigenvalue weighted by Crippen LogP contribution is -2.20. The van der Waals surface area contributed by atoms with Gasteiger partial charge >= 0.3 is 0 Å². The zero-order valence-electron chi connectivity index (χ0n) is 11.6. The molecule has 0 aliphatic rings. The van der Waals surface area contributed by atoms with Crippen LogP contribution in [-0.2, 0) is 6.54 Å². The van der Waals surface area contributed by atoms with Gasteiger partial charge in [0.2, 0.25) is 0 Å². The fraction of sp³-hybridized carbons (Fsp3) is 0.167. The fourth-order valence-electron chi connectivity index (χ4n) is 2.51. The van der Waals surface area contributed by atoms with Crippen molar-refractivity contribution >= 4 is 10.8 Å². The number of nitrogens with zero attached hydrogens (tertiary/aromatic N) is 1. The minimum Gasteiger partial charge on any atom is -0.388 e. The summed E-state index contributed by atoms with van der Waals surface area (Å²) in [5.41, 5.74) is 0.875. The molecule has 0 saturated carbocycles. The van der Waals surface area contributed by atoms with Crippen molar-refractivity contribution in [2.24, 2.45) is 0 Å². The Bertz CT molecular complexity index is 793. The lowest BCUT2D eigenvalue weighted by molar-refractivity contribution is 0.160. The molecule has 1 aromatic heterocycles. The molecule has 0 saturated heterocycles. The molecule has 0 fully saturated rings. The van der Waals surface area contributed by atoms with Gasteiger partial charge in [0, 0.05) is 18.1 Å². The van der Waals surface area contributed by atoms with Crippen LogP contribution in [0.3, 0.4) is 0 Å². The Hall–Kier alpha value is -2.39. The Kier molecular flexibility index (Phi) is 3.84. The SMILES string of the molecule is O=c1c2ccccc2ccn1CC[C@@H](O)c1ccccc1. The van der Waals surface area contributed by atoms with Crippen LogP contribution in [0.4, 0.5) is 0 Å². The summed E-state index contributed by atoms with van der Waals surface area (Å²) in [6.07, 6.45) is 1.76. The van der Waals surface area contributed by atoms with Gasteiger partial charge in [0.05, 0.1) is 6.10 Å². The van der Waals surface area contributed by atoms with E-state index < -0.39 is 6.10 Å². The highest BCUT2D eigenvalue weighted by Gasteiger charge is 2.08. The fourth-order valence-corrected chi connectivity index (χ4v) is 2.51. The van der Waals surface area contributed by atoms with Crippen molar-refractivity contribution < 1.29 is 5.11 Å². The molecule has 0 radical (unpaired) electrons. The van der Waals surface area contributed by atoms with E-state index in [0.717, 1.165) is 10.9 Å². The number of rotatable bonds is 4. The molecular formula is C18H17NO2. The highest BCUT2D eigenvalue weighted by molar-refractivity contribution is 5.81. The zero-order valence-corrected chi connectivity index (χ0v) is 11.6. The quantitative estimate of drug-likeness (QED) is 0.797. The predicted octanol–water partition coefficient (Wildman–Crippen LogP) is 3.13. The summed E-state index contributed by atoms with van der Waals surface area (Å²) in [5, 5.41) is 11.8. The van der Waals surface area contributed by atoms with Gasteiger partial charge in [0.25, 0.3) is 5.56 Å². The Morgan fingerprint density at radius 1 is 0.952 bits per heavy atom. The molecule has 3 nitrogen and oxygen atoms in total. The normalized spacial score (nSPS) is 12.4. The number of aliphatic hydroxyl groups excluding tert-OH is 1. The average Bonchev–Trinajstić information content (AvgIpc) is 2.55. The number of hydrogen-bond donors (Lipinski definition) is 1. The second-order valence-electron chi connectivity index (χ2n) is 5.12.